The number of fused-ring (bicyclic) bond motifs is 22. The quantitative estimate of drug-likeness (QED) is 0.168. The maximum atomic E-state index is 5.30. The Morgan fingerprint density at radius 2 is 0.293 bits per heavy atom. The normalized spacial score (nSPS) is 48.5. The summed E-state index contributed by atoms with van der Waals surface area (Å²) >= 11 is 42.4. The summed E-state index contributed by atoms with van der Waals surface area (Å²) in [5.74, 6) is 42.7. The first kappa shape index (κ1) is 114. The van der Waals surface area contributed by atoms with Gasteiger partial charge in [-0.1, -0.05) is 287 Å². The van der Waals surface area contributed by atoms with Gasteiger partial charge in [-0.25, -0.2) is 0 Å². The van der Waals surface area contributed by atoms with Crippen LogP contribution in [0.3, 0.4) is 0 Å². The van der Waals surface area contributed by atoms with Crippen LogP contribution in [0.15, 0.2) is 0 Å². The first-order valence-electron chi connectivity index (χ1n) is 63.5. The van der Waals surface area contributed by atoms with E-state index in [0.717, 1.165) is 247 Å². The highest BCUT2D eigenvalue weighted by Gasteiger charge is 2.68. The molecule has 24 aliphatic rings. The molecule has 12 heteroatoms. The standard InChI is InChI=1S/4C29H50Si.4C3H6Cl2/c2*1-18-14-23-16-21-9-7-10-22(21)17-26(23)29(18)30(3,4)28-19(2)15-27-24-11-6-5-8-20(24)12-13-25(27)28;2*1-19-18-27-21-11-5-4-10-20(21)16-17-26(27)28(19)30(2,3)29-24-14-8-6-12-22(24)23-13-7-9-15-25(23)29;4*1-3(2,4)5/h2*18-29H,5-17H2,1-4H3;2*19-29H,4-18H2,1-3H3;4*1-2H3. The zero-order valence-electron chi connectivity index (χ0n) is 95.2. The minimum Gasteiger partial charge on any atom is -0.102 e. The minimum atomic E-state index is -1.28. The molecule has 808 valence electrons. The molecule has 0 nitrogen and oxygen atoms in total. The summed E-state index contributed by atoms with van der Waals surface area (Å²) in [6.45, 7) is 53.6. The molecule has 24 fully saturated rings. The molecule has 44 unspecified atom stereocenters. The van der Waals surface area contributed by atoms with E-state index in [1.807, 2.05) is 0 Å². The molecule has 0 aromatic carbocycles. The van der Waals surface area contributed by atoms with E-state index >= 15 is 0 Å². The lowest BCUT2D eigenvalue weighted by atomic mass is 9.62. The molecule has 0 spiro atoms. The van der Waals surface area contributed by atoms with Crippen LogP contribution in [0.5, 0.6) is 0 Å². The SMILES string of the molecule is CC(C)(Cl)Cl.CC(C)(Cl)Cl.CC(C)(Cl)Cl.CC(C)(Cl)Cl.CC1CC2C3CCCCC3CCC2C1[Si](C)(C)C1C2CCCCC2C2CCCCC21.CC1CC2C3CCCCC3CCC2C1[Si](C)(C)C1C2CCCCC2C2CCCCC21.CC1CC2CC3CCCC3CC2C1[Si](C)(C)C1C(C)CC2C3CCCCC3CCC21.CC1CC2CC3CCCC3CC2C1[Si](C)(C)C1C(C)CC2C3CCCCC3CCC21. The van der Waals surface area contributed by atoms with Gasteiger partial charge in [0.1, 0.15) is 17.3 Å². The Kier molecular flexibility index (Phi) is 38.5. The maximum absolute atomic E-state index is 5.30. The second kappa shape index (κ2) is 47.1. The van der Waals surface area contributed by atoms with Crippen molar-refractivity contribution in [3.63, 3.8) is 0 Å². The van der Waals surface area contributed by atoms with Gasteiger partial charge >= 0.3 is 0 Å². The molecule has 44 atom stereocenters. The lowest BCUT2D eigenvalue weighted by Gasteiger charge is -2.50. The third-order valence-electron chi connectivity index (χ3n) is 50.6. The third-order valence-corrected chi connectivity index (χ3v) is 72.1. The summed E-state index contributed by atoms with van der Waals surface area (Å²) < 4.78 is -2.22. The van der Waals surface area contributed by atoms with Gasteiger partial charge in [-0.05, 0) is 492 Å². The monoisotopic (exact) mass is 2150 g/mol. The highest BCUT2D eigenvalue weighted by Crippen LogP contribution is 2.76. The topological polar surface area (TPSA) is 0 Å². The average Bonchev–Trinajstić information content (AvgIpc) is 1.55. The Balaban J connectivity index is 0.000000121. The van der Waals surface area contributed by atoms with Crippen molar-refractivity contribution in [1.29, 1.82) is 0 Å². The van der Waals surface area contributed by atoms with Gasteiger partial charge in [0, 0.05) is 0 Å². The van der Waals surface area contributed by atoms with Crippen molar-refractivity contribution in [2.75, 3.05) is 0 Å². The van der Waals surface area contributed by atoms with E-state index in [1.54, 1.807) is 415 Å². The third kappa shape index (κ3) is 25.3. The number of halogens is 8. The van der Waals surface area contributed by atoms with E-state index in [9.17, 15) is 0 Å². The lowest BCUT2D eigenvalue weighted by molar-refractivity contribution is 0.0717. The summed E-state index contributed by atoms with van der Waals surface area (Å²) in [6, 6.07) is 0. The molecule has 0 N–H and O–H groups in total. The van der Waals surface area contributed by atoms with Crippen molar-refractivity contribution in [3.05, 3.63) is 0 Å². The Hall–Kier alpha value is 3.19. The van der Waals surface area contributed by atoms with Crippen LogP contribution in [0.25, 0.3) is 0 Å². The lowest BCUT2D eigenvalue weighted by Crippen LogP contribution is -2.48. The summed E-state index contributed by atoms with van der Waals surface area (Å²) in [4.78, 5) is 0. The molecule has 0 bridgehead atoms. The van der Waals surface area contributed by atoms with Gasteiger partial charge in [-0.15, -0.1) is 92.8 Å². The summed E-state index contributed by atoms with van der Waals surface area (Å²) in [6.07, 6.45) is 89.3. The highest BCUT2D eigenvalue weighted by atomic mass is 35.5. The minimum absolute atomic E-state index is 0.556. The Bertz CT molecular complexity index is 3510. The largest absolute Gasteiger partial charge is 0.112 e. The van der Waals surface area contributed by atoms with Gasteiger partial charge in [0.15, 0.2) is 0 Å². The van der Waals surface area contributed by atoms with Crippen molar-refractivity contribution < 1.29 is 0 Å². The van der Waals surface area contributed by atoms with E-state index in [2.05, 4.69) is 93.9 Å². The van der Waals surface area contributed by atoms with Crippen molar-refractivity contribution in [3.8, 4) is 0 Å². The first-order chi connectivity index (χ1) is 66.0. The van der Waals surface area contributed by atoms with Gasteiger partial charge in [0.2, 0.25) is 0 Å². The summed E-state index contributed by atoms with van der Waals surface area (Å²) in [5, 5.41) is 0. The molecule has 24 saturated carbocycles. The summed E-state index contributed by atoms with van der Waals surface area (Å²) in [7, 11) is -5.12. The summed E-state index contributed by atoms with van der Waals surface area (Å²) in [5.41, 5.74) is 9.33. The van der Waals surface area contributed by atoms with Crippen LogP contribution in [0.2, 0.25) is 96.7 Å². The second-order valence-electron chi connectivity index (χ2n) is 61.7. The fourth-order valence-corrected chi connectivity index (χ4v) is 75.4. The first-order valence-corrected chi connectivity index (χ1v) is 79.2. The Labute approximate surface area is 912 Å². The second-order valence-corrected chi connectivity index (χ2v) is 89.9. The van der Waals surface area contributed by atoms with Crippen molar-refractivity contribution in [2.45, 2.75) is 571 Å². The van der Waals surface area contributed by atoms with Gasteiger partial charge in [-0.3, -0.25) is 0 Å². The smallest absolute Gasteiger partial charge is 0.102 e. The molecule has 0 amide bonds. The Morgan fingerprint density at radius 1 is 0.136 bits per heavy atom. The molecular weight excluding hydrogens is 1930 g/mol. The number of hydrogen-bond donors (Lipinski definition) is 0. The molecule has 0 radical (unpaired) electrons. The zero-order valence-corrected chi connectivity index (χ0v) is 105. The number of alkyl halides is 8. The van der Waals surface area contributed by atoms with Crippen LogP contribution < -0.4 is 0 Å². The van der Waals surface area contributed by atoms with Crippen LogP contribution >= 0.6 is 92.8 Å². The fourth-order valence-electron chi connectivity index (χ4n) is 48.9. The molecule has 0 aromatic heterocycles. The van der Waals surface area contributed by atoms with Crippen LogP contribution in [-0.2, 0) is 0 Å². The van der Waals surface area contributed by atoms with Crippen LogP contribution in [0.1, 0.15) is 456 Å². The zero-order chi connectivity index (χ0) is 100. The van der Waals surface area contributed by atoms with E-state index in [0.29, 0.717) is 0 Å². The number of rotatable bonds is 8. The molecule has 24 rings (SSSR count). The van der Waals surface area contributed by atoms with E-state index in [-0.39, 0.29) is 0 Å². The van der Waals surface area contributed by atoms with Crippen LogP contribution in [0.4, 0.5) is 0 Å². The maximum Gasteiger partial charge on any atom is 0.112 e. The van der Waals surface area contributed by atoms with Gasteiger partial charge in [0.05, 0.1) is 32.3 Å². The fraction of sp³-hybridized carbons (Fsp3) is 1.00. The van der Waals surface area contributed by atoms with Gasteiger partial charge in [0.25, 0.3) is 0 Å². The highest BCUT2D eigenvalue weighted by molar-refractivity contribution is 6.82. The van der Waals surface area contributed by atoms with E-state index < -0.39 is 49.6 Å². The van der Waals surface area contributed by atoms with Gasteiger partial charge < -0.3 is 0 Å². The van der Waals surface area contributed by atoms with Gasteiger partial charge in [-0.2, -0.15) is 0 Å². The van der Waals surface area contributed by atoms with Crippen molar-refractivity contribution in [1.82, 2.24) is 0 Å². The molecule has 0 aromatic rings. The van der Waals surface area contributed by atoms with Crippen LogP contribution in [-0.4, -0.2) is 49.6 Å². The van der Waals surface area contributed by atoms with Crippen molar-refractivity contribution in [2.24, 2.45) is 225 Å². The molecule has 140 heavy (non-hydrogen) atoms. The Morgan fingerprint density at radius 3 is 0.514 bits per heavy atom. The van der Waals surface area contributed by atoms with E-state index in [4.69, 9.17) is 92.8 Å². The predicted octanol–water partition coefficient (Wildman–Crippen LogP) is 44.2. The number of hydrogen-bond acceptors (Lipinski definition) is 0. The van der Waals surface area contributed by atoms with Crippen molar-refractivity contribution >= 4 is 125 Å². The van der Waals surface area contributed by atoms with E-state index in [1.165, 1.54) is 22.2 Å². The molecule has 0 saturated heterocycles. The van der Waals surface area contributed by atoms with Crippen LogP contribution in [0, 0.1) is 225 Å². The molecular formula is C128H224Cl8Si4. The molecule has 24 aliphatic carbocycles. The molecule has 0 aliphatic heterocycles. The molecule has 0 heterocycles. The predicted molar refractivity (Wildman–Crippen MR) is 628 cm³/mol. The average molecular weight is 2160 g/mol.